The van der Waals surface area contributed by atoms with E-state index >= 15 is 0 Å². The third-order valence-corrected chi connectivity index (χ3v) is 2.01. The van der Waals surface area contributed by atoms with Crippen molar-refractivity contribution in [3.8, 4) is 0 Å². The summed E-state index contributed by atoms with van der Waals surface area (Å²) in [6.45, 7) is -0.383. The monoisotopic (exact) mass is 226 g/mol. The van der Waals surface area contributed by atoms with Crippen molar-refractivity contribution >= 4 is 6.09 Å². The smallest absolute Gasteiger partial charge is 0.407 e. The lowest BCUT2D eigenvalue weighted by Crippen LogP contribution is -2.36. The van der Waals surface area contributed by atoms with Crippen LogP contribution in [-0.4, -0.2) is 38.0 Å². The Morgan fingerprint density at radius 1 is 1.53 bits per heavy atom. The molecule has 0 bridgehead atoms. The van der Waals surface area contributed by atoms with Crippen LogP contribution in [0.5, 0.6) is 0 Å². The van der Waals surface area contributed by atoms with Crippen molar-refractivity contribution in [3.63, 3.8) is 0 Å². The van der Waals surface area contributed by atoms with E-state index in [1.54, 1.807) is 5.32 Å². The van der Waals surface area contributed by atoms with E-state index in [-0.39, 0.29) is 12.6 Å². The summed E-state index contributed by atoms with van der Waals surface area (Å²) in [6, 6.07) is 0.0710. The number of alkyl carbamates (subject to hydrolysis) is 1. The average Bonchev–Trinajstić information content (AvgIpc) is 2.62. The fraction of sp³-hybridized carbons (Fsp3) is 0.875. The number of amides is 1. The molecule has 4 nitrogen and oxygen atoms in total. The molecule has 1 atom stereocenters. The van der Waals surface area contributed by atoms with Gasteiger partial charge in [0.15, 0.2) is 0 Å². The van der Waals surface area contributed by atoms with E-state index in [0.29, 0.717) is 0 Å². The number of ether oxygens (including phenoxy) is 1. The molecule has 0 aliphatic carbocycles. The zero-order chi connectivity index (χ0) is 11.3. The third-order valence-electron chi connectivity index (χ3n) is 2.01. The molecule has 88 valence electrons. The van der Waals surface area contributed by atoms with E-state index in [4.69, 9.17) is 0 Å². The second-order valence-corrected chi connectivity index (χ2v) is 3.36. The molecule has 2 N–H and O–H groups in total. The number of hydrogen-bond donors (Lipinski definition) is 2. The van der Waals surface area contributed by atoms with E-state index < -0.39 is 18.8 Å². The Morgan fingerprint density at radius 3 is 2.80 bits per heavy atom. The minimum Gasteiger partial charge on any atom is -0.448 e. The first kappa shape index (κ1) is 12.1. The molecule has 1 fully saturated rings. The summed E-state index contributed by atoms with van der Waals surface area (Å²) >= 11 is 0. The van der Waals surface area contributed by atoms with E-state index in [2.05, 4.69) is 10.1 Å². The largest absolute Gasteiger partial charge is 0.448 e. The molecule has 1 unspecified atom stereocenters. The van der Waals surface area contributed by atoms with Crippen LogP contribution in [0, 0.1) is 0 Å². The summed E-state index contributed by atoms with van der Waals surface area (Å²) in [5, 5.41) is 4.69. The van der Waals surface area contributed by atoms with Crippen LogP contribution in [0.4, 0.5) is 18.0 Å². The number of hydrogen-bond acceptors (Lipinski definition) is 3. The van der Waals surface area contributed by atoms with Crippen molar-refractivity contribution in [1.82, 2.24) is 10.6 Å². The second kappa shape index (κ2) is 5.20. The lowest BCUT2D eigenvalue weighted by Gasteiger charge is -2.12. The van der Waals surface area contributed by atoms with Crippen LogP contribution in [-0.2, 0) is 4.74 Å². The Kier molecular flexibility index (Phi) is 4.19. The van der Waals surface area contributed by atoms with Gasteiger partial charge in [0.1, 0.15) is 13.2 Å². The van der Waals surface area contributed by atoms with E-state index in [0.717, 1.165) is 19.4 Å². The highest BCUT2D eigenvalue weighted by molar-refractivity contribution is 5.67. The van der Waals surface area contributed by atoms with Crippen molar-refractivity contribution in [2.24, 2.45) is 0 Å². The predicted molar refractivity (Wildman–Crippen MR) is 46.4 cm³/mol. The van der Waals surface area contributed by atoms with Gasteiger partial charge in [-0.15, -0.1) is 0 Å². The van der Waals surface area contributed by atoms with Gasteiger partial charge in [-0.3, -0.25) is 0 Å². The van der Waals surface area contributed by atoms with Gasteiger partial charge in [-0.2, -0.15) is 13.2 Å². The first-order valence-electron chi connectivity index (χ1n) is 4.68. The lowest BCUT2D eigenvalue weighted by molar-refractivity contribution is -0.123. The molecule has 1 aliphatic heterocycles. The highest BCUT2D eigenvalue weighted by atomic mass is 19.4. The Labute approximate surface area is 85.2 Å². The summed E-state index contributed by atoms with van der Waals surface area (Å²) in [4.78, 5) is 10.8. The molecule has 1 amide bonds. The maximum atomic E-state index is 11.7. The van der Waals surface area contributed by atoms with Gasteiger partial charge >= 0.3 is 12.3 Å². The predicted octanol–water partition coefficient (Wildman–Crippen LogP) is 1.03. The molecular formula is C8H13F3N2O2. The van der Waals surface area contributed by atoms with Crippen molar-refractivity contribution in [3.05, 3.63) is 0 Å². The van der Waals surface area contributed by atoms with Gasteiger partial charge in [0.25, 0.3) is 0 Å². The van der Waals surface area contributed by atoms with Gasteiger partial charge in [0.05, 0.1) is 0 Å². The zero-order valence-corrected chi connectivity index (χ0v) is 8.06. The molecule has 0 aromatic carbocycles. The molecule has 15 heavy (non-hydrogen) atoms. The summed E-state index contributed by atoms with van der Waals surface area (Å²) in [6.07, 6.45) is -3.55. The van der Waals surface area contributed by atoms with Gasteiger partial charge < -0.3 is 15.4 Å². The Balaban J connectivity index is 2.08. The van der Waals surface area contributed by atoms with Crippen molar-refractivity contribution in [2.75, 3.05) is 19.7 Å². The molecule has 1 heterocycles. The third kappa shape index (κ3) is 5.46. The van der Waals surface area contributed by atoms with E-state index in [1.807, 2.05) is 0 Å². The van der Waals surface area contributed by atoms with E-state index in [9.17, 15) is 18.0 Å². The minimum atomic E-state index is -4.40. The average molecular weight is 226 g/mol. The summed E-state index contributed by atoms with van der Waals surface area (Å²) in [5.74, 6) is 0. The van der Waals surface area contributed by atoms with Crippen LogP contribution in [0.2, 0.25) is 0 Å². The van der Waals surface area contributed by atoms with Crippen molar-refractivity contribution in [1.29, 1.82) is 0 Å². The normalized spacial score (nSPS) is 21.4. The van der Waals surface area contributed by atoms with Crippen LogP contribution in [0.1, 0.15) is 12.8 Å². The first-order chi connectivity index (χ1) is 6.97. The van der Waals surface area contributed by atoms with Gasteiger partial charge in [0.2, 0.25) is 0 Å². The van der Waals surface area contributed by atoms with Crippen LogP contribution in [0.15, 0.2) is 0 Å². The highest BCUT2D eigenvalue weighted by Crippen LogP contribution is 2.12. The molecule has 0 spiro atoms. The number of nitrogens with one attached hydrogen (secondary N) is 2. The maximum absolute atomic E-state index is 11.7. The molecule has 0 aromatic rings. The topological polar surface area (TPSA) is 50.4 Å². The SMILES string of the molecule is O=C(NCC(F)(F)F)OCC1CCCN1. The number of carbonyl (C=O) groups excluding carboxylic acids is 1. The van der Waals surface area contributed by atoms with E-state index in [1.165, 1.54) is 0 Å². The maximum Gasteiger partial charge on any atom is 0.407 e. The van der Waals surface area contributed by atoms with Crippen LogP contribution < -0.4 is 10.6 Å². The first-order valence-corrected chi connectivity index (χ1v) is 4.68. The van der Waals surface area contributed by atoms with Crippen LogP contribution in [0.3, 0.4) is 0 Å². The van der Waals surface area contributed by atoms with Gasteiger partial charge in [-0.05, 0) is 19.4 Å². The molecule has 0 radical (unpaired) electrons. The number of carbonyl (C=O) groups is 1. The fourth-order valence-corrected chi connectivity index (χ4v) is 1.30. The molecule has 7 heteroatoms. The summed E-state index contributed by atoms with van der Waals surface area (Å²) in [7, 11) is 0. The molecule has 0 saturated carbocycles. The van der Waals surface area contributed by atoms with Crippen molar-refractivity contribution in [2.45, 2.75) is 25.1 Å². The zero-order valence-electron chi connectivity index (χ0n) is 8.06. The van der Waals surface area contributed by atoms with Crippen LogP contribution >= 0.6 is 0 Å². The van der Waals surface area contributed by atoms with Crippen LogP contribution in [0.25, 0.3) is 0 Å². The molecule has 1 aliphatic rings. The molecule has 0 aromatic heterocycles. The van der Waals surface area contributed by atoms with Gasteiger partial charge in [-0.25, -0.2) is 4.79 Å². The lowest BCUT2D eigenvalue weighted by atomic mass is 10.2. The quantitative estimate of drug-likeness (QED) is 0.755. The Morgan fingerprint density at radius 2 is 2.27 bits per heavy atom. The van der Waals surface area contributed by atoms with Crippen molar-refractivity contribution < 1.29 is 22.7 Å². The van der Waals surface area contributed by atoms with Gasteiger partial charge in [-0.1, -0.05) is 0 Å². The summed E-state index contributed by atoms with van der Waals surface area (Å²) in [5.41, 5.74) is 0. The molecular weight excluding hydrogens is 213 g/mol. The van der Waals surface area contributed by atoms with Gasteiger partial charge in [0, 0.05) is 6.04 Å². The molecule has 1 saturated heterocycles. The Bertz CT molecular complexity index is 214. The number of halogens is 3. The standard InChI is InChI=1S/C8H13F3N2O2/c9-8(10,11)5-13-7(14)15-4-6-2-1-3-12-6/h6,12H,1-5H2,(H,13,14). The number of rotatable bonds is 3. The summed E-state index contributed by atoms with van der Waals surface area (Å²) < 4.78 is 39.6. The molecule has 1 rings (SSSR count). The number of alkyl halides is 3. The highest BCUT2D eigenvalue weighted by Gasteiger charge is 2.28. The Hall–Kier alpha value is -0.980. The second-order valence-electron chi connectivity index (χ2n) is 3.36. The minimum absolute atomic E-state index is 0.0710. The fourth-order valence-electron chi connectivity index (χ4n) is 1.30.